The number of aromatic amines is 1. The Balaban J connectivity index is 1.45. The molecule has 0 unspecified atom stereocenters. The zero-order valence-electron chi connectivity index (χ0n) is 16.5. The van der Waals surface area contributed by atoms with Crippen LogP contribution >= 0.6 is 0 Å². The third-order valence-corrected chi connectivity index (χ3v) is 4.48. The second-order valence-electron chi connectivity index (χ2n) is 6.76. The van der Waals surface area contributed by atoms with Crippen molar-refractivity contribution in [2.24, 2.45) is 0 Å². The fraction of sp³-hybridized carbons (Fsp3) is 0.0476. The van der Waals surface area contributed by atoms with Gasteiger partial charge in [-0.25, -0.2) is 19.2 Å². The number of halogens is 4. The monoisotopic (exact) mass is 458 g/mol. The summed E-state index contributed by atoms with van der Waals surface area (Å²) in [5.74, 6) is -1.15. The lowest BCUT2D eigenvalue weighted by atomic mass is 10.2. The van der Waals surface area contributed by atoms with Crippen LogP contribution in [0.5, 0.6) is 0 Å². The molecule has 33 heavy (non-hydrogen) atoms. The molecule has 4 aromatic rings. The Kier molecular flexibility index (Phi) is 5.65. The normalized spacial score (nSPS) is 11.3. The van der Waals surface area contributed by atoms with Crippen molar-refractivity contribution in [3.63, 3.8) is 0 Å². The van der Waals surface area contributed by atoms with Crippen LogP contribution in [0.3, 0.4) is 0 Å². The summed E-state index contributed by atoms with van der Waals surface area (Å²) in [6, 6.07) is 8.94. The van der Waals surface area contributed by atoms with Gasteiger partial charge in [0.2, 0.25) is 0 Å². The maximum Gasteiger partial charge on any atom is 0.419 e. The molecule has 4 N–H and O–H groups in total. The number of hydrogen-bond acceptors (Lipinski definition) is 5. The lowest BCUT2D eigenvalue weighted by Gasteiger charge is -2.12. The van der Waals surface area contributed by atoms with Gasteiger partial charge in [-0.2, -0.15) is 13.2 Å². The molecule has 4 rings (SSSR count). The van der Waals surface area contributed by atoms with Crippen molar-refractivity contribution < 1.29 is 22.4 Å². The first-order valence-corrected chi connectivity index (χ1v) is 9.35. The first-order valence-electron chi connectivity index (χ1n) is 9.35. The Morgan fingerprint density at radius 3 is 2.30 bits per heavy atom. The Labute approximate surface area is 182 Å². The van der Waals surface area contributed by atoms with Crippen LogP contribution in [0.4, 0.5) is 45.2 Å². The number of aromatic nitrogens is 3. The van der Waals surface area contributed by atoms with Crippen molar-refractivity contribution in [2.75, 3.05) is 16.0 Å². The highest BCUT2D eigenvalue weighted by Gasteiger charge is 2.34. The van der Waals surface area contributed by atoms with Crippen LogP contribution in [-0.4, -0.2) is 21.0 Å². The van der Waals surface area contributed by atoms with E-state index in [1.807, 2.05) is 0 Å². The number of hydrogen-bond donors (Lipinski definition) is 4. The predicted octanol–water partition coefficient (Wildman–Crippen LogP) is 4.86. The van der Waals surface area contributed by atoms with E-state index in [9.17, 15) is 27.2 Å². The molecule has 12 heteroatoms. The van der Waals surface area contributed by atoms with Gasteiger partial charge in [-0.3, -0.25) is 4.79 Å². The molecule has 2 aromatic heterocycles. The Morgan fingerprint density at radius 1 is 0.909 bits per heavy atom. The summed E-state index contributed by atoms with van der Waals surface area (Å²) in [6.07, 6.45) is -2.12. The Morgan fingerprint density at radius 2 is 1.58 bits per heavy atom. The number of carbonyl (C=O) groups excluding carboxylic acids is 1. The van der Waals surface area contributed by atoms with E-state index in [0.29, 0.717) is 29.2 Å². The first-order chi connectivity index (χ1) is 15.7. The van der Waals surface area contributed by atoms with Crippen molar-refractivity contribution in [2.45, 2.75) is 6.18 Å². The second-order valence-corrected chi connectivity index (χ2v) is 6.76. The molecular formula is C21H14F4N6O2. The van der Waals surface area contributed by atoms with Crippen molar-refractivity contribution in [3.8, 4) is 0 Å². The van der Waals surface area contributed by atoms with Gasteiger partial charge in [0.05, 0.1) is 5.56 Å². The van der Waals surface area contributed by atoms with Crippen LogP contribution in [0.1, 0.15) is 5.56 Å². The van der Waals surface area contributed by atoms with Gasteiger partial charge in [0, 0.05) is 29.3 Å². The number of amides is 2. The number of benzene rings is 2. The molecule has 2 heterocycles. The summed E-state index contributed by atoms with van der Waals surface area (Å²) >= 11 is 0. The quantitative estimate of drug-likeness (QED) is 0.326. The number of fused-ring (bicyclic) bond motifs is 1. The molecule has 0 aliphatic carbocycles. The van der Waals surface area contributed by atoms with E-state index >= 15 is 0 Å². The smallest absolute Gasteiger partial charge is 0.346 e. The minimum absolute atomic E-state index is 0.222. The van der Waals surface area contributed by atoms with Crippen LogP contribution in [0.2, 0.25) is 0 Å². The van der Waals surface area contributed by atoms with Gasteiger partial charge in [-0.05, 0) is 42.5 Å². The molecule has 0 radical (unpaired) electrons. The number of nitrogens with one attached hydrogen (secondary N) is 4. The molecule has 0 atom stereocenters. The van der Waals surface area contributed by atoms with Crippen LogP contribution in [-0.2, 0) is 6.18 Å². The molecule has 0 aliphatic heterocycles. The van der Waals surface area contributed by atoms with Crippen LogP contribution < -0.4 is 21.4 Å². The zero-order valence-corrected chi connectivity index (χ0v) is 16.5. The Hall–Kier alpha value is -4.48. The lowest BCUT2D eigenvalue weighted by Crippen LogP contribution is -2.20. The number of H-pyrrole nitrogens is 1. The van der Waals surface area contributed by atoms with Crippen LogP contribution in [0.25, 0.3) is 11.0 Å². The van der Waals surface area contributed by atoms with E-state index in [2.05, 4.69) is 30.9 Å². The van der Waals surface area contributed by atoms with E-state index < -0.39 is 23.6 Å². The highest BCUT2D eigenvalue weighted by atomic mass is 19.4. The van der Waals surface area contributed by atoms with Gasteiger partial charge in [-0.1, -0.05) is 0 Å². The molecule has 168 valence electrons. The number of nitrogens with zero attached hydrogens (tertiary/aromatic N) is 2. The van der Waals surface area contributed by atoms with E-state index in [-0.39, 0.29) is 22.3 Å². The fourth-order valence-corrected chi connectivity index (χ4v) is 2.99. The average Bonchev–Trinajstić information content (AvgIpc) is 2.76. The number of urea groups is 1. The maximum absolute atomic E-state index is 13.4. The number of anilines is 4. The summed E-state index contributed by atoms with van der Waals surface area (Å²) in [4.78, 5) is 35.2. The molecule has 8 nitrogen and oxygen atoms in total. The highest BCUT2D eigenvalue weighted by Crippen LogP contribution is 2.33. The van der Waals surface area contributed by atoms with Gasteiger partial charge in [-0.15, -0.1) is 0 Å². The van der Waals surface area contributed by atoms with Crippen molar-refractivity contribution >= 4 is 39.9 Å². The van der Waals surface area contributed by atoms with Crippen LogP contribution in [0.15, 0.2) is 65.8 Å². The molecule has 0 bridgehead atoms. The average molecular weight is 458 g/mol. The summed E-state index contributed by atoms with van der Waals surface area (Å²) in [5.41, 5.74) is -0.716. The molecule has 0 saturated heterocycles. The largest absolute Gasteiger partial charge is 0.419 e. The third kappa shape index (κ3) is 4.89. The molecule has 2 amide bonds. The van der Waals surface area contributed by atoms with Crippen molar-refractivity contribution in [1.29, 1.82) is 0 Å². The summed E-state index contributed by atoms with van der Waals surface area (Å²) in [7, 11) is 0. The summed E-state index contributed by atoms with van der Waals surface area (Å²) in [6.45, 7) is 0. The predicted molar refractivity (Wildman–Crippen MR) is 114 cm³/mol. The van der Waals surface area contributed by atoms with E-state index in [1.165, 1.54) is 30.7 Å². The topological polar surface area (TPSA) is 112 Å². The van der Waals surface area contributed by atoms with E-state index in [4.69, 9.17) is 0 Å². The standard InChI is InChI=1S/C21H14F4N6O2/c22-15-6-5-13(9-14(15)21(23,24)25)31-20(33)30-12-3-1-11(2-4-12)29-19-17-16(32)7-8-26-18(17)27-10-28-19/h1-10H,(H2,30,31,33)(H2,26,27,28,29,32). The second kappa shape index (κ2) is 8.57. The third-order valence-electron chi connectivity index (χ3n) is 4.48. The molecule has 0 saturated carbocycles. The molecular weight excluding hydrogens is 444 g/mol. The van der Waals surface area contributed by atoms with Crippen molar-refractivity contribution in [1.82, 2.24) is 15.0 Å². The molecule has 0 spiro atoms. The van der Waals surface area contributed by atoms with Gasteiger partial charge in [0.1, 0.15) is 29.0 Å². The fourth-order valence-electron chi connectivity index (χ4n) is 2.99. The van der Waals surface area contributed by atoms with Gasteiger partial charge in [0.25, 0.3) is 0 Å². The Bertz CT molecular complexity index is 1380. The number of pyridine rings is 1. The number of alkyl halides is 3. The minimum atomic E-state index is -4.89. The maximum atomic E-state index is 13.4. The number of carbonyl (C=O) groups is 1. The number of rotatable bonds is 4. The summed E-state index contributed by atoms with van der Waals surface area (Å²) in [5, 5.41) is 7.95. The minimum Gasteiger partial charge on any atom is -0.346 e. The highest BCUT2D eigenvalue weighted by molar-refractivity contribution is 6.00. The first kappa shape index (κ1) is 21.7. The zero-order chi connectivity index (χ0) is 23.6. The van der Waals surface area contributed by atoms with Crippen LogP contribution in [0, 0.1) is 5.82 Å². The van der Waals surface area contributed by atoms with Crippen molar-refractivity contribution in [3.05, 3.63) is 82.7 Å². The molecule has 0 fully saturated rings. The van der Waals surface area contributed by atoms with E-state index in [1.54, 1.807) is 12.1 Å². The lowest BCUT2D eigenvalue weighted by molar-refractivity contribution is -0.139. The van der Waals surface area contributed by atoms with Gasteiger partial charge < -0.3 is 20.9 Å². The summed E-state index contributed by atoms with van der Waals surface area (Å²) < 4.78 is 51.8. The van der Waals surface area contributed by atoms with Gasteiger partial charge >= 0.3 is 12.2 Å². The molecule has 0 aliphatic rings. The molecule has 2 aromatic carbocycles. The van der Waals surface area contributed by atoms with E-state index in [0.717, 1.165) is 6.07 Å². The van der Waals surface area contributed by atoms with Gasteiger partial charge in [0.15, 0.2) is 5.43 Å². The SMILES string of the molecule is O=C(Nc1ccc(Nc2ncnc3[nH]ccc(=O)c23)cc1)Nc1ccc(F)c(C(F)(F)F)c1.